The van der Waals surface area contributed by atoms with Crippen molar-refractivity contribution in [1.82, 2.24) is 0 Å². The van der Waals surface area contributed by atoms with E-state index in [0.29, 0.717) is 30.4 Å². The molecule has 3 aliphatic rings. The van der Waals surface area contributed by atoms with Crippen LogP contribution in [0, 0.1) is 0 Å². The number of hydrogen-bond acceptors (Lipinski definition) is 25. The molecule has 3 heterocycles. The zero-order valence-electron chi connectivity index (χ0n) is 46.7. The van der Waals surface area contributed by atoms with Crippen molar-refractivity contribution in [3.05, 3.63) is 84.4 Å². The summed E-state index contributed by atoms with van der Waals surface area (Å²) in [6, 6.07) is 17.8. The van der Waals surface area contributed by atoms with Crippen LogP contribution >= 0.6 is 0 Å². The molecule has 0 bridgehead atoms. The first-order chi connectivity index (χ1) is 38.8. The van der Waals surface area contributed by atoms with Crippen LogP contribution in [0.15, 0.2) is 73.3 Å². The van der Waals surface area contributed by atoms with Gasteiger partial charge in [-0.3, -0.25) is 38.4 Å². The summed E-state index contributed by atoms with van der Waals surface area (Å²) in [5, 5.41) is 0. The second-order valence-corrected chi connectivity index (χ2v) is 18.9. The average Bonchev–Trinajstić information content (AvgIpc) is 3.34. The van der Waals surface area contributed by atoms with Gasteiger partial charge in [0.2, 0.25) is 0 Å². The lowest BCUT2D eigenvalue weighted by Gasteiger charge is -2.51. The highest BCUT2D eigenvalue weighted by molar-refractivity contribution is 5.69. The Morgan fingerprint density at radius 1 is 0.444 bits per heavy atom. The molecule has 0 amide bonds. The predicted octanol–water partition coefficient (Wildman–Crippen LogP) is 3.84. The summed E-state index contributed by atoms with van der Waals surface area (Å²) < 4.78 is 104. The molecule has 0 radical (unpaired) electrons. The second-order valence-electron chi connectivity index (χ2n) is 18.9. The maximum atomic E-state index is 13.2. The van der Waals surface area contributed by atoms with E-state index in [1.54, 1.807) is 54.6 Å². The Morgan fingerprint density at radius 2 is 0.840 bits per heavy atom. The largest absolute Gasteiger partial charge is 0.469 e. The highest BCUT2D eigenvalue weighted by atomic mass is 16.8. The maximum Gasteiger partial charge on any atom is 0.305 e. The molecule has 0 aliphatic carbocycles. The fourth-order valence-corrected chi connectivity index (χ4v) is 9.03. The van der Waals surface area contributed by atoms with E-state index in [4.69, 9.17) is 80.5 Å². The van der Waals surface area contributed by atoms with Gasteiger partial charge in [0.1, 0.15) is 62.5 Å². The Morgan fingerprint density at radius 3 is 1.26 bits per heavy atom. The van der Waals surface area contributed by atoms with Gasteiger partial charge in [0, 0.05) is 61.5 Å². The normalized spacial score (nSPS) is 28.0. The van der Waals surface area contributed by atoms with Gasteiger partial charge in [0.25, 0.3) is 0 Å². The first-order valence-electron chi connectivity index (χ1n) is 26.4. The average molecular weight is 1150 g/mol. The maximum absolute atomic E-state index is 13.2. The van der Waals surface area contributed by atoms with E-state index in [0.717, 1.165) is 34.6 Å². The minimum absolute atomic E-state index is 0.0779. The molecule has 2 aromatic rings. The van der Waals surface area contributed by atoms with E-state index in [1.165, 1.54) is 27.0 Å². The van der Waals surface area contributed by atoms with Crippen LogP contribution in [-0.4, -0.2) is 180 Å². The van der Waals surface area contributed by atoms with Crippen molar-refractivity contribution < 1.29 is 119 Å². The van der Waals surface area contributed by atoms with Gasteiger partial charge >= 0.3 is 47.8 Å². The molecule has 5 rings (SSSR count). The first-order valence-corrected chi connectivity index (χ1v) is 26.4. The van der Waals surface area contributed by atoms with Gasteiger partial charge in [-0.1, -0.05) is 73.2 Å². The number of hydrogen-bond donors (Lipinski definition) is 0. The van der Waals surface area contributed by atoms with E-state index >= 15 is 0 Å². The van der Waals surface area contributed by atoms with Crippen LogP contribution in [0.25, 0.3) is 0 Å². The monoisotopic (exact) mass is 1150 g/mol. The Kier molecular flexibility index (Phi) is 27.0. The lowest BCUT2D eigenvalue weighted by atomic mass is 9.95. The molecular formula is C56H74O25. The smallest absolute Gasteiger partial charge is 0.305 e. The van der Waals surface area contributed by atoms with Crippen LogP contribution in [0.1, 0.15) is 85.3 Å². The van der Waals surface area contributed by atoms with E-state index in [1.807, 2.05) is 6.07 Å². The summed E-state index contributed by atoms with van der Waals surface area (Å²) >= 11 is 0. The van der Waals surface area contributed by atoms with Crippen LogP contribution in [-0.2, 0) is 132 Å². The van der Waals surface area contributed by atoms with Gasteiger partial charge in [0.15, 0.2) is 49.4 Å². The number of benzene rings is 2. The molecular weight excluding hydrogens is 1070 g/mol. The zero-order valence-corrected chi connectivity index (χ0v) is 46.7. The summed E-state index contributed by atoms with van der Waals surface area (Å²) in [5.41, 5.74) is 1.32. The predicted molar refractivity (Wildman–Crippen MR) is 274 cm³/mol. The quantitative estimate of drug-likeness (QED) is 0.0464. The molecule has 81 heavy (non-hydrogen) atoms. The number of ether oxygens (including phenoxy) is 17. The fourth-order valence-electron chi connectivity index (χ4n) is 9.03. The van der Waals surface area contributed by atoms with Crippen LogP contribution < -0.4 is 0 Å². The summed E-state index contributed by atoms with van der Waals surface area (Å²) in [6.45, 7) is 9.58. The highest BCUT2D eigenvalue weighted by Gasteiger charge is 2.59. The van der Waals surface area contributed by atoms with E-state index < -0.39 is 160 Å². The van der Waals surface area contributed by atoms with Gasteiger partial charge in [-0.15, -0.1) is 6.58 Å². The molecule has 15 atom stereocenters. The van der Waals surface area contributed by atoms with Crippen molar-refractivity contribution in [3.63, 3.8) is 0 Å². The first kappa shape index (κ1) is 65.4. The van der Waals surface area contributed by atoms with Crippen molar-refractivity contribution in [2.75, 3.05) is 40.1 Å². The number of carbonyl (C=O) groups is 8. The second kappa shape index (κ2) is 33.5. The lowest BCUT2D eigenvalue weighted by Crippen LogP contribution is -2.68. The molecule has 3 fully saturated rings. The van der Waals surface area contributed by atoms with Crippen LogP contribution in [0.2, 0.25) is 0 Å². The van der Waals surface area contributed by atoms with Gasteiger partial charge < -0.3 is 80.5 Å². The Balaban J connectivity index is 1.74. The molecule has 0 N–H and O–H groups in total. The molecule has 448 valence electrons. The van der Waals surface area contributed by atoms with Gasteiger partial charge in [0.05, 0.1) is 26.9 Å². The third-order valence-electron chi connectivity index (χ3n) is 12.4. The minimum atomic E-state index is -1.87. The molecule has 0 saturated carbocycles. The molecule has 0 aromatic heterocycles. The van der Waals surface area contributed by atoms with Crippen molar-refractivity contribution >= 4 is 47.8 Å². The summed E-state index contributed by atoms with van der Waals surface area (Å²) in [7, 11) is 1.28. The molecule has 3 aliphatic heterocycles. The Labute approximate surface area is 469 Å². The van der Waals surface area contributed by atoms with Crippen molar-refractivity contribution in [1.29, 1.82) is 0 Å². The number of methoxy groups -OCH3 is 1. The SMILES string of the molecule is C=CCO[C@H]1[C@@H](O[C@H]2[C@@H](O[C@H]3[C@@H](OCCCCCC(=O)OC)O[C@H](COC(C)=O)[C@@H](OC(C)=O)[C@@H]3OC(C)=O)O[C@H](COC(C)=O)[C@@H](OC(C)=O)[C@@H]2OCc2ccccc2)O[C@H](COC(C)=O)[C@@H](OC(C)=O)[C@@H]1OCc1ccccc1. The standard InChI is InChI=1S/C56H74O25/c1-10-25-66-51-48(71-27-39-20-14-11-15-21-39)45(73-35(5)60)41(29-68-32(2)57)78-55(51)80-52-49(72-28-40-22-16-12-17-23-40)46(74-36(6)61)42(30-69-33(3)58)79-56(52)81-53-50(76-38(8)63)47(75-37(7)62)43(31-70-34(4)59)77-54(53)67-26-19-13-18-24-44(64)65-9/h10-12,14-17,20-23,41-43,45-56H,1,13,18-19,24-31H2,2-9H3/t41-,42-,43-,45-,46-,47-,48+,49+,50+,51-,52-,53-,54+,55-,56-/m1/s1. The summed E-state index contributed by atoms with van der Waals surface area (Å²) in [4.78, 5) is 101. The number of rotatable bonds is 30. The number of esters is 8. The van der Waals surface area contributed by atoms with E-state index in [2.05, 4.69) is 6.58 Å². The molecule has 0 spiro atoms. The molecule has 0 unspecified atom stereocenters. The number of carbonyl (C=O) groups excluding carboxylic acids is 8. The van der Waals surface area contributed by atoms with Crippen LogP contribution in [0.3, 0.4) is 0 Å². The summed E-state index contributed by atoms with van der Waals surface area (Å²) in [5.74, 6) is -5.96. The van der Waals surface area contributed by atoms with Crippen molar-refractivity contribution in [3.8, 4) is 0 Å². The van der Waals surface area contributed by atoms with E-state index in [9.17, 15) is 38.4 Å². The fraction of sp³-hybridized carbons (Fsp3) is 0.607. The zero-order chi connectivity index (χ0) is 59.0. The molecule has 3 saturated heterocycles. The highest BCUT2D eigenvalue weighted by Crippen LogP contribution is 2.39. The topological polar surface area (TPSA) is 293 Å². The molecule has 25 nitrogen and oxygen atoms in total. The van der Waals surface area contributed by atoms with Gasteiger partial charge in [-0.25, -0.2) is 0 Å². The van der Waals surface area contributed by atoms with Crippen molar-refractivity contribution in [2.24, 2.45) is 0 Å². The van der Waals surface area contributed by atoms with Gasteiger partial charge in [-0.05, 0) is 24.0 Å². The summed E-state index contributed by atoms with van der Waals surface area (Å²) in [6.07, 6.45) is -20.2. The van der Waals surface area contributed by atoms with E-state index in [-0.39, 0.29) is 32.8 Å². The van der Waals surface area contributed by atoms with Gasteiger partial charge in [-0.2, -0.15) is 0 Å². The molecule has 25 heteroatoms. The van der Waals surface area contributed by atoms with Crippen LogP contribution in [0.5, 0.6) is 0 Å². The Hall–Kier alpha value is -6.42. The Bertz CT molecular complexity index is 2350. The van der Waals surface area contributed by atoms with Crippen molar-refractivity contribution in [2.45, 2.75) is 179 Å². The third-order valence-corrected chi connectivity index (χ3v) is 12.4. The number of unbranched alkanes of at least 4 members (excludes halogenated alkanes) is 2. The third kappa shape index (κ3) is 21.1. The molecule has 2 aromatic carbocycles. The lowest BCUT2D eigenvalue weighted by molar-refractivity contribution is -0.398. The van der Waals surface area contributed by atoms with Crippen LogP contribution in [0.4, 0.5) is 0 Å². The minimum Gasteiger partial charge on any atom is -0.469 e.